The smallest absolute Gasteiger partial charge is 0.182 e. The summed E-state index contributed by atoms with van der Waals surface area (Å²) in [7, 11) is -2.56. The Labute approximate surface area is 296 Å². The molecule has 236 valence electrons. The number of hydrogen-bond acceptors (Lipinski definition) is 0. The van der Waals surface area contributed by atoms with Gasteiger partial charge in [0.2, 0.25) is 0 Å². The fourth-order valence-corrected chi connectivity index (χ4v) is 15.4. The lowest BCUT2D eigenvalue weighted by Crippen LogP contribution is -2.70. The first-order valence-electron chi connectivity index (χ1n) is 17.8. The van der Waals surface area contributed by atoms with Gasteiger partial charge in [0.15, 0.2) is 8.07 Å². The van der Waals surface area contributed by atoms with Crippen LogP contribution in [-0.2, 0) is 0 Å². The Hall–Kier alpha value is -6.42. The number of nitrogens with zero attached hydrogens (tertiary/aromatic N) is 2. The molecule has 2 aromatic heterocycles. The van der Waals surface area contributed by atoms with E-state index in [0.29, 0.717) is 0 Å². The molecule has 0 radical (unpaired) electrons. The van der Waals surface area contributed by atoms with E-state index in [9.17, 15) is 0 Å². The molecule has 0 saturated heterocycles. The average Bonchev–Trinajstić information content (AvgIpc) is 3.89. The Kier molecular flexibility index (Phi) is 5.29. The molecule has 0 amide bonds. The predicted octanol–water partition coefficient (Wildman–Crippen LogP) is 9.22. The molecular formula is C48H30N2Si. The van der Waals surface area contributed by atoms with Gasteiger partial charge in [0.25, 0.3) is 0 Å². The van der Waals surface area contributed by atoms with Gasteiger partial charge in [-0.3, -0.25) is 0 Å². The summed E-state index contributed by atoms with van der Waals surface area (Å²) in [6, 6.07) is 68.4. The van der Waals surface area contributed by atoms with Crippen LogP contribution in [0.5, 0.6) is 0 Å². The largest absolute Gasteiger partial charge is 0.309 e. The lowest BCUT2D eigenvalue weighted by Gasteiger charge is -2.28. The SMILES string of the molecule is c1ccc(-n2c3ccccc3c3cc4c(cc32)c2ccccc2n4-c2ccc3c(c2)[Si]2(c4ccccc4-c4ccccc42)c2ccccc2-3)cc1. The first-order valence-corrected chi connectivity index (χ1v) is 19.8. The van der Waals surface area contributed by atoms with Gasteiger partial charge in [-0.05, 0) is 91.5 Å². The van der Waals surface area contributed by atoms with Crippen molar-refractivity contribution in [3.63, 3.8) is 0 Å². The summed E-state index contributed by atoms with van der Waals surface area (Å²) in [6.07, 6.45) is 0. The van der Waals surface area contributed by atoms with E-state index in [1.54, 1.807) is 0 Å². The highest BCUT2D eigenvalue weighted by Crippen LogP contribution is 2.41. The molecule has 2 aliphatic heterocycles. The summed E-state index contributed by atoms with van der Waals surface area (Å²) < 4.78 is 4.95. The molecule has 1 spiro atoms. The monoisotopic (exact) mass is 662 g/mol. The van der Waals surface area contributed by atoms with Crippen LogP contribution in [-0.4, -0.2) is 17.2 Å². The van der Waals surface area contributed by atoms with Crippen molar-refractivity contribution in [1.82, 2.24) is 9.13 Å². The van der Waals surface area contributed by atoms with E-state index < -0.39 is 8.07 Å². The van der Waals surface area contributed by atoms with Crippen molar-refractivity contribution in [2.45, 2.75) is 0 Å². The topological polar surface area (TPSA) is 9.86 Å². The number of rotatable bonds is 2. The summed E-state index contributed by atoms with van der Waals surface area (Å²) in [5, 5.41) is 11.1. The van der Waals surface area contributed by atoms with Crippen LogP contribution < -0.4 is 20.7 Å². The van der Waals surface area contributed by atoms with Crippen molar-refractivity contribution in [3.05, 3.63) is 182 Å². The molecule has 0 fully saturated rings. The summed E-state index contributed by atoms with van der Waals surface area (Å²) in [5.41, 5.74) is 12.9. The zero-order chi connectivity index (χ0) is 33.3. The van der Waals surface area contributed by atoms with Gasteiger partial charge in [-0.2, -0.15) is 0 Å². The Morgan fingerprint density at radius 3 is 1.25 bits per heavy atom. The summed E-state index contributed by atoms with van der Waals surface area (Å²) in [5.74, 6) is 0. The molecular weight excluding hydrogens is 633 g/mol. The van der Waals surface area contributed by atoms with E-state index in [4.69, 9.17) is 0 Å². The highest BCUT2D eigenvalue weighted by molar-refractivity contribution is 7.24. The van der Waals surface area contributed by atoms with Gasteiger partial charge in [0.05, 0.1) is 22.1 Å². The van der Waals surface area contributed by atoms with Gasteiger partial charge >= 0.3 is 0 Å². The predicted molar refractivity (Wildman–Crippen MR) is 217 cm³/mol. The molecule has 0 unspecified atom stereocenters. The van der Waals surface area contributed by atoms with Gasteiger partial charge < -0.3 is 9.13 Å². The molecule has 12 rings (SSSR count). The molecule has 2 nitrogen and oxygen atoms in total. The second-order valence-electron chi connectivity index (χ2n) is 14.0. The fraction of sp³-hybridized carbons (Fsp3) is 0. The maximum Gasteiger partial charge on any atom is 0.182 e. The Morgan fingerprint density at radius 1 is 0.275 bits per heavy atom. The van der Waals surface area contributed by atoms with Crippen molar-refractivity contribution >= 4 is 72.4 Å². The minimum Gasteiger partial charge on any atom is -0.309 e. The van der Waals surface area contributed by atoms with E-state index >= 15 is 0 Å². The summed E-state index contributed by atoms with van der Waals surface area (Å²) in [6.45, 7) is 0. The van der Waals surface area contributed by atoms with Gasteiger partial charge in [0.1, 0.15) is 0 Å². The molecule has 0 atom stereocenters. The van der Waals surface area contributed by atoms with Crippen molar-refractivity contribution in [2.24, 2.45) is 0 Å². The lowest BCUT2D eigenvalue weighted by atomic mass is 10.1. The first-order chi connectivity index (χ1) is 25.3. The average molecular weight is 663 g/mol. The molecule has 3 heteroatoms. The van der Waals surface area contributed by atoms with E-state index in [-0.39, 0.29) is 0 Å². The van der Waals surface area contributed by atoms with Crippen LogP contribution in [0.1, 0.15) is 0 Å². The third-order valence-corrected chi connectivity index (χ3v) is 16.7. The number of hydrogen-bond donors (Lipinski definition) is 0. The second kappa shape index (κ2) is 9.84. The summed E-state index contributed by atoms with van der Waals surface area (Å²) >= 11 is 0. The normalized spacial score (nSPS) is 13.6. The molecule has 8 aromatic carbocycles. The number of fused-ring (bicyclic) bond motifs is 16. The van der Waals surface area contributed by atoms with Crippen LogP contribution in [0.15, 0.2) is 182 Å². The van der Waals surface area contributed by atoms with Crippen molar-refractivity contribution in [2.75, 3.05) is 0 Å². The Balaban J connectivity index is 1.19. The van der Waals surface area contributed by atoms with Crippen molar-refractivity contribution in [3.8, 4) is 33.6 Å². The molecule has 0 bridgehead atoms. The first kappa shape index (κ1) is 27.4. The lowest BCUT2D eigenvalue weighted by molar-refractivity contribution is 1.18. The van der Waals surface area contributed by atoms with Crippen LogP contribution in [0.3, 0.4) is 0 Å². The fourth-order valence-electron chi connectivity index (χ4n) is 9.79. The molecule has 4 heterocycles. The highest BCUT2D eigenvalue weighted by Gasteiger charge is 2.53. The van der Waals surface area contributed by atoms with Crippen LogP contribution in [0, 0.1) is 0 Å². The molecule has 0 aliphatic carbocycles. The van der Waals surface area contributed by atoms with Crippen molar-refractivity contribution in [1.29, 1.82) is 0 Å². The summed E-state index contributed by atoms with van der Waals surface area (Å²) in [4.78, 5) is 0. The van der Waals surface area contributed by atoms with Gasteiger partial charge in [-0.25, -0.2) is 0 Å². The van der Waals surface area contributed by atoms with Crippen LogP contribution in [0.25, 0.3) is 77.2 Å². The quantitative estimate of drug-likeness (QED) is 0.163. The molecule has 51 heavy (non-hydrogen) atoms. The van der Waals surface area contributed by atoms with Crippen LogP contribution in [0.4, 0.5) is 0 Å². The Bertz CT molecular complexity index is 3030. The van der Waals surface area contributed by atoms with Crippen LogP contribution >= 0.6 is 0 Å². The minimum absolute atomic E-state index is 1.18. The second-order valence-corrected chi connectivity index (χ2v) is 17.7. The molecule has 0 saturated carbocycles. The molecule has 10 aromatic rings. The third-order valence-electron chi connectivity index (χ3n) is 11.7. The van der Waals surface area contributed by atoms with Gasteiger partial charge in [0, 0.05) is 32.9 Å². The maximum absolute atomic E-state index is 2.56. The number of para-hydroxylation sites is 3. The number of benzene rings is 8. The van der Waals surface area contributed by atoms with E-state index in [0.717, 1.165) is 0 Å². The highest BCUT2D eigenvalue weighted by atomic mass is 28.3. The van der Waals surface area contributed by atoms with E-state index in [2.05, 4.69) is 191 Å². The minimum atomic E-state index is -2.56. The van der Waals surface area contributed by atoms with Gasteiger partial charge in [-0.15, -0.1) is 0 Å². The van der Waals surface area contributed by atoms with Crippen LogP contribution in [0.2, 0.25) is 0 Å². The standard InChI is InChI=1S/C48H30N2Si/c1-2-14-31(15-3-1)49-41-21-9-4-16-33(41)39-30-44-40(29-43(39)49)34-17-5-10-22-42(34)50(44)32-26-27-38-37-20-8-13-25-47(37)51(48(38)28-32)45-23-11-6-18-35(45)36-19-7-12-24-46(36)51/h1-30H. The molecule has 0 N–H and O–H groups in total. The van der Waals surface area contributed by atoms with E-state index in [1.165, 1.54) is 98.0 Å². The Morgan fingerprint density at radius 2 is 0.706 bits per heavy atom. The number of aromatic nitrogens is 2. The molecule has 2 aliphatic rings. The maximum atomic E-state index is 2.56. The van der Waals surface area contributed by atoms with Crippen molar-refractivity contribution < 1.29 is 0 Å². The zero-order valence-electron chi connectivity index (χ0n) is 27.7. The van der Waals surface area contributed by atoms with E-state index in [1.807, 2.05) is 0 Å². The zero-order valence-corrected chi connectivity index (χ0v) is 28.7. The third kappa shape index (κ3) is 3.37. The van der Waals surface area contributed by atoms with Gasteiger partial charge in [-0.1, -0.05) is 133 Å².